The normalized spacial score (nSPS) is 11.5. The maximum atomic E-state index is 6.42. The van der Waals surface area contributed by atoms with Gasteiger partial charge in [0.05, 0.1) is 0 Å². The molecule has 8 aromatic carbocycles. The average molecular weight is 652 g/mol. The van der Waals surface area contributed by atoms with Gasteiger partial charge in [0.25, 0.3) is 0 Å². The molecule has 0 saturated heterocycles. The van der Waals surface area contributed by atoms with E-state index in [1.165, 1.54) is 32.7 Å². The van der Waals surface area contributed by atoms with Gasteiger partial charge in [-0.2, -0.15) is 0 Å². The van der Waals surface area contributed by atoms with Crippen molar-refractivity contribution in [2.75, 3.05) is 0 Å². The smallest absolute Gasteiger partial charge is 0.164 e. The van der Waals surface area contributed by atoms with Gasteiger partial charge in [0.2, 0.25) is 0 Å². The van der Waals surface area contributed by atoms with Crippen LogP contribution in [0, 0.1) is 0 Å². The first-order valence-corrected chi connectivity index (χ1v) is 17.1. The van der Waals surface area contributed by atoms with Gasteiger partial charge in [-0.25, -0.2) is 15.0 Å². The van der Waals surface area contributed by atoms with Crippen LogP contribution in [0.5, 0.6) is 0 Å². The van der Waals surface area contributed by atoms with E-state index in [0.29, 0.717) is 17.5 Å². The van der Waals surface area contributed by atoms with Crippen molar-refractivity contribution in [2.45, 2.75) is 0 Å². The second-order valence-corrected chi connectivity index (χ2v) is 12.8. The lowest BCUT2D eigenvalue weighted by atomic mass is 9.92. The highest BCUT2D eigenvalue weighted by Gasteiger charge is 2.18. The molecule has 0 radical (unpaired) electrons. The topological polar surface area (TPSA) is 51.8 Å². The molecule has 0 amide bonds. The zero-order valence-corrected chi connectivity index (χ0v) is 27.5. The molecule has 51 heavy (non-hydrogen) atoms. The molecule has 0 unspecified atom stereocenters. The predicted octanol–water partition coefficient (Wildman–Crippen LogP) is 12.4. The van der Waals surface area contributed by atoms with Crippen LogP contribution >= 0.6 is 0 Å². The van der Waals surface area contributed by atoms with Crippen molar-refractivity contribution in [1.82, 2.24) is 15.0 Å². The Kier molecular flexibility index (Phi) is 6.78. The molecule has 0 aliphatic heterocycles. The molecule has 2 heterocycles. The lowest BCUT2D eigenvalue weighted by Crippen LogP contribution is -2.00. The molecule has 0 aliphatic rings. The first kappa shape index (κ1) is 29.0. The van der Waals surface area contributed by atoms with Gasteiger partial charge in [-0.3, -0.25) is 0 Å². The Bertz CT molecular complexity index is 2840. The summed E-state index contributed by atoms with van der Waals surface area (Å²) in [5.74, 6) is 1.86. The van der Waals surface area contributed by atoms with Crippen LogP contribution in [0.3, 0.4) is 0 Å². The van der Waals surface area contributed by atoms with E-state index in [-0.39, 0.29) is 0 Å². The number of fused-ring (bicyclic) bond motifs is 6. The quantitative estimate of drug-likeness (QED) is 0.174. The van der Waals surface area contributed by atoms with Gasteiger partial charge in [0.15, 0.2) is 17.5 Å². The first-order valence-electron chi connectivity index (χ1n) is 17.1. The van der Waals surface area contributed by atoms with Crippen LogP contribution in [-0.4, -0.2) is 15.0 Å². The van der Waals surface area contributed by atoms with Crippen molar-refractivity contribution >= 4 is 43.5 Å². The minimum Gasteiger partial charge on any atom is -0.456 e. The Hall–Kier alpha value is -6.91. The molecule has 10 aromatic rings. The summed E-state index contributed by atoms with van der Waals surface area (Å²) < 4.78 is 6.42. The van der Waals surface area contributed by atoms with E-state index in [2.05, 4.69) is 103 Å². The molecule has 0 spiro atoms. The van der Waals surface area contributed by atoms with Crippen LogP contribution in [-0.2, 0) is 0 Å². The van der Waals surface area contributed by atoms with Crippen molar-refractivity contribution in [1.29, 1.82) is 0 Å². The standard InChI is InChI=1S/C47H29N3O/c1-3-12-32(13-4-1)45-48-46(33-14-5-2-6-15-33)50-47(49-45)39-20-11-21-43-44(39)41-28-34(26-27-42(41)51-43)30-22-24-31(25-23-30)40-29-35-16-7-8-17-36(35)37-18-9-10-19-38(37)40/h1-29H. The van der Waals surface area contributed by atoms with Gasteiger partial charge in [0, 0.05) is 27.5 Å². The SMILES string of the molecule is c1ccc(-c2nc(-c3ccccc3)nc(-c3cccc4oc5ccc(-c6ccc(-c7cc8ccccc8c8ccccc78)cc6)cc5c34)n2)cc1. The van der Waals surface area contributed by atoms with Crippen molar-refractivity contribution in [2.24, 2.45) is 0 Å². The Morgan fingerprint density at radius 3 is 1.63 bits per heavy atom. The molecule has 2 aromatic heterocycles. The molecule has 0 N–H and O–H groups in total. The summed E-state index contributed by atoms with van der Waals surface area (Å²) >= 11 is 0. The maximum absolute atomic E-state index is 6.42. The summed E-state index contributed by atoms with van der Waals surface area (Å²) in [5, 5.41) is 7.05. The zero-order chi connectivity index (χ0) is 33.7. The first-order chi connectivity index (χ1) is 25.3. The largest absolute Gasteiger partial charge is 0.456 e. The number of rotatable bonds is 5. The molecule has 238 valence electrons. The van der Waals surface area contributed by atoms with Gasteiger partial charge in [-0.1, -0.05) is 152 Å². The highest BCUT2D eigenvalue weighted by molar-refractivity contribution is 6.14. The van der Waals surface area contributed by atoms with Gasteiger partial charge >= 0.3 is 0 Å². The monoisotopic (exact) mass is 651 g/mol. The third-order valence-corrected chi connectivity index (χ3v) is 9.73. The zero-order valence-electron chi connectivity index (χ0n) is 27.5. The molecule has 4 nitrogen and oxygen atoms in total. The van der Waals surface area contributed by atoms with Crippen molar-refractivity contribution in [3.8, 4) is 56.4 Å². The lowest BCUT2D eigenvalue weighted by Gasteiger charge is -2.12. The number of hydrogen-bond donors (Lipinski definition) is 0. The summed E-state index contributed by atoms with van der Waals surface area (Å²) in [5.41, 5.74) is 9.06. The summed E-state index contributed by atoms with van der Waals surface area (Å²) in [6, 6.07) is 61.2. The van der Waals surface area contributed by atoms with Gasteiger partial charge < -0.3 is 4.42 Å². The number of nitrogens with zero attached hydrogens (tertiary/aromatic N) is 3. The fraction of sp³-hybridized carbons (Fsp3) is 0. The van der Waals surface area contributed by atoms with E-state index in [9.17, 15) is 0 Å². The maximum Gasteiger partial charge on any atom is 0.164 e. The molecule has 0 fully saturated rings. The molecule has 0 bridgehead atoms. The minimum absolute atomic E-state index is 0.605. The Balaban J connectivity index is 1.10. The van der Waals surface area contributed by atoms with E-state index in [1.54, 1.807) is 0 Å². The molecule has 10 rings (SSSR count). The number of hydrogen-bond acceptors (Lipinski definition) is 4. The third-order valence-electron chi connectivity index (χ3n) is 9.73. The summed E-state index contributed by atoms with van der Waals surface area (Å²) in [7, 11) is 0. The van der Waals surface area contributed by atoms with E-state index >= 15 is 0 Å². The van der Waals surface area contributed by atoms with Crippen LogP contribution in [0.25, 0.3) is 99.9 Å². The summed E-state index contributed by atoms with van der Waals surface area (Å²) in [4.78, 5) is 15.0. The lowest BCUT2D eigenvalue weighted by molar-refractivity contribution is 0.669. The van der Waals surface area contributed by atoms with Gasteiger partial charge in [0.1, 0.15) is 11.2 Å². The van der Waals surface area contributed by atoms with E-state index < -0.39 is 0 Å². The van der Waals surface area contributed by atoms with E-state index in [1.807, 2.05) is 72.8 Å². The minimum atomic E-state index is 0.605. The van der Waals surface area contributed by atoms with E-state index in [4.69, 9.17) is 19.4 Å². The second-order valence-electron chi connectivity index (χ2n) is 12.8. The Labute approximate surface area is 294 Å². The van der Waals surface area contributed by atoms with Gasteiger partial charge in [-0.15, -0.1) is 0 Å². The Morgan fingerprint density at radius 1 is 0.314 bits per heavy atom. The number of furan rings is 1. The molecular weight excluding hydrogens is 623 g/mol. The fourth-order valence-corrected chi connectivity index (χ4v) is 7.26. The average Bonchev–Trinajstić information content (AvgIpc) is 3.59. The second kappa shape index (κ2) is 11.9. The highest BCUT2D eigenvalue weighted by Crippen LogP contribution is 2.40. The summed E-state index contributed by atoms with van der Waals surface area (Å²) in [6.45, 7) is 0. The third kappa shape index (κ3) is 5.04. The van der Waals surface area contributed by atoms with Gasteiger partial charge in [-0.05, 0) is 68.1 Å². The number of aromatic nitrogens is 3. The molecular formula is C47H29N3O. The summed E-state index contributed by atoms with van der Waals surface area (Å²) in [6.07, 6.45) is 0. The predicted molar refractivity (Wildman–Crippen MR) is 209 cm³/mol. The molecule has 0 saturated carbocycles. The van der Waals surface area contributed by atoms with Crippen molar-refractivity contribution in [3.63, 3.8) is 0 Å². The van der Waals surface area contributed by atoms with Crippen LogP contribution in [0.4, 0.5) is 0 Å². The fourth-order valence-electron chi connectivity index (χ4n) is 7.26. The Morgan fingerprint density at radius 2 is 0.902 bits per heavy atom. The van der Waals surface area contributed by atoms with Crippen LogP contribution in [0.2, 0.25) is 0 Å². The van der Waals surface area contributed by atoms with Crippen molar-refractivity contribution < 1.29 is 4.42 Å². The highest BCUT2D eigenvalue weighted by atomic mass is 16.3. The molecule has 0 atom stereocenters. The van der Waals surface area contributed by atoms with Crippen LogP contribution in [0.15, 0.2) is 180 Å². The molecule has 4 heteroatoms. The number of benzene rings is 8. The van der Waals surface area contributed by atoms with E-state index in [0.717, 1.165) is 49.8 Å². The molecule has 0 aliphatic carbocycles. The van der Waals surface area contributed by atoms with Crippen LogP contribution in [0.1, 0.15) is 0 Å². The van der Waals surface area contributed by atoms with Crippen molar-refractivity contribution in [3.05, 3.63) is 176 Å². The van der Waals surface area contributed by atoms with Crippen LogP contribution < -0.4 is 0 Å².